The second-order valence-corrected chi connectivity index (χ2v) is 9.41. The third kappa shape index (κ3) is 4.38. The predicted octanol–water partition coefficient (Wildman–Crippen LogP) is 4.75. The van der Waals surface area contributed by atoms with E-state index in [0.29, 0.717) is 17.7 Å². The van der Waals surface area contributed by atoms with Gasteiger partial charge in [-0.1, -0.05) is 24.3 Å². The van der Waals surface area contributed by atoms with Crippen molar-refractivity contribution in [3.63, 3.8) is 0 Å². The van der Waals surface area contributed by atoms with Crippen LogP contribution in [0.4, 0.5) is 0 Å². The van der Waals surface area contributed by atoms with E-state index in [1.165, 1.54) is 29.7 Å². The number of aromatic nitrogens is 1. The molecule has 1 spiro atoms. The molecular formula is C28H30N2O4. The van der Waals surface area contributed by atoms with Gasteiger partial charge in [0.25, 0.3) is 0 Å². The van der Waals surface area contributed by atoms with Crippen molar-refractivity contribution < 1.29 is 19.1 Å². The van der Waals surface area contributed by atoms with Crippen LogP contribution in [0.15, 0.2) is 54.7 Å². The molecule has 0 saturated carbocycles. The molecule has 1 fully saturated rings. The zero-order valence-electron chi connectivity index (χ0n) is 19.8. The minimum atomic E-state index is -0.443. The molecule has 0 bridgehead atoms. The molecule has 0 aliphatic carbocycles. The fourth-order valence-corrected chi connectivity index (χ4v) is 5.30. The number of nitrogens with zero attached hydrogens (tertiary/aromatic N) is 2. The van der Waals surface area contributed by atoms with Gasteiger partial charge in [-0.3, -0.25) is 9.69 Å². The van der Waals surface area contributed by atoms with Crippen molar-refractivity contribution >= 4 is 28.7 Å². The Hall–Kier alpha value is -3.38. The van der Waals surface area contributed by atoms with Crippen LogP contribution in [0.25, 0.3) is 17.0 Å². The number of aryl methyl sites for hydroxylation is 1. The van der Waals surface area contributed by atoms with Crippen LogP contribution < -0.4 is 4.74 Å². The molecule has 6 nitrogen and oxygen atoms in total. The van der Waals surface area contributed by atoms with Gasteiger partial charge in [-0.15, -0.1) is 0 Å². The average molecular weight is 459 g/mol. The number of likely N-dealkylation sites (tertiary alicyclic amines) is 1. The lowest BCUT2D eigenvalue weighted by Gasteiger charge is -2.37. The maximum Gasteiger partial charge on any atom is 0.330 e. The summed E-state index contributed by atoms with van der Waals surface area (Å²) in [6, 6.07) is 14.0. The van der Waals surface area contributed by atoms with Crippen molar-refractivity contribution in [1.29, 1.82) is 0 Å². The van der Waals surface area contributed by atoms with Crippen molar-refractivity contribution in [3.05, 3.63) is 71.4 Å². The Balaban J connectivity index is 1.30. The van der Waals surface area contributed by atoms with Gasteiger partial charge in [0.05, 0.1) is 19.1 Å². The highest BCUT2D eigenvalue weighted by molar-refractivity contribution is 6.01. The zero-order valence-corrected chi connectivity index (χ0v) is 19.8. The lowest BCUT2D eigenvalue weighted by atomic mass is 9.84. The number of ketones is 1. The van der Waals surface area contributed by atoms with E-state index < -0.39 is 11.6 Å². The van der Waals surface area contributed by atoms with Gasteiger partial charge < -0.3 is 14.0 Å². The number of rotatable bonds is 4. The Kier molecular flexibility index (Phi) is 6.00. The first-order valence-corrected chi connectivity index (χ1v) is 11.8. The molecule has 5 rings (SSSR count). The summed E-state index contributed by atoms with van der Waals surface area (Å²) in [5.41, 5.74) is 3.52. The number of carbonyl (C=O) groups excluding carboxylic acids is 2. The van der Waals surface area contributed by atoms with Crippen molar-refractivity contribution in [2.45, 2.75) is 37.8 Å². The number of methoxy groups -OCH3 is 1. The Labute approximate surface area is 199 Å². The molecule has 1 saturated heterocycles. The molecule has 34 heavy (non-hydrogen) atoms. The number of para-hydroxylation sites is 1. The average Bonchev–Trinajstić information content (AvgIpc) is 3.03. The number of benzene rings is 2. The fourth-order valence-electron chi connectivity index (χ4n) is 5.30. The van der Waals surface area contributed by atoms with Crippen LogP contribution in [-0.2, 0) is 23.1 Å². The molecule has 2 aliphatic heterocycles. The predicted molar refractivity (Wildman–Crippen MR) is 132 cm³/mol. The topological polar surface area (TPSA) is 60.8 Å². The van der Waals surface area contributed by atoms with E-state index in [0.717, 1.165) is 44.5 Å². The molecule has 1 unspecified atom stereocenters. The molecule has 0 amide bonds. The molecular weight excluding hydrogens is 428 g/mol. The Morgan fingerprint density at radius 2 is 2.03 bits per heavy atom. The van der Waals surface area contributed by atoms with Crippen LogP contribution in [0.1, 0.15) is 47.2 Å². The highest BCUT2D eigenvalue weighted by Crippen LogP contribution is 2.40. The molecule has 3 aromatic rings. The van der Waals surface area contributed by atoms with Gasteiger partial charge in [-0.2, -0.15) is 0 Å². The number of carbonyl (C=O) groups is 2. The SMILES string of the molecule is COC(=O)/C=C/c1ccc2c(c1)C(=O)CC1(CCCN(Cc3cn(C)c4ccccc34)CC1)O2. The van der Waals surface area contributed by atoms with Crippen LogP contribution in [0, 0.1) is 0 Å². The number of hydrogen-bond donors (Lipinski definition) is 0. The second-order valence-electron chi connectivity index (χ2n) is 9.41. The largest absolute Gasteiger partial charge is 0.486 e. The van der Waals surface area contributed by atoms with Crippen LogP contribution in [-0.4, -0.2) is 47.0 Å². The highest BCUT2D eigenvalue weighted by atomic mass is 16.5. The van der Waals surface area contributed by atoms with Crippen LogP contribution >= 0.6 is 0 Å². The molecule has 1 aromatic heterocycles. The maximum absolute atomic E-state index is 13.1. The first kappa shape index (κ1) is 22.4. The first-order chi connectivity index (χ1) is 16.5. The van der Waals surface area contributed by atoms with Crippen molar-refractivity contribution in [2.24, 2.45) is 7.05 Å². The van der Waals surface area contributed by atoms with E-state index in [-0.39, 0.29) is 5.78 Å². The van der Waals surface area contributed by atoms with Crippen LogP contribution in [0.3, 0.4) is 0 Å². The van der Waals surface area contributed by atoms with Crippen molar-refractivity contribution in [1.82, 2.24) is 9.47 Å². The number of fused-ring (bicyclic) bond motifs is 2. The number of Topliss-reactive ketones (excluding diaryl/α,β-unsaturated/α-hetero) is 1. The van der Waals surface area contributed by atoms with Crippen LogP contribution in [0.2, 0.25) is 0 Å². The second kappa shape index (κ2) is 9.11. The van der Waals surface area contributed by atoms with Gasteiger partial charge >= 0.3 is 5.97 Å². The van der Waals surface area contributed by atoms with Crippen molar-refractivity contribution in [3.8, 4) is 5.75 Å². The van der Waals surface area contributed by atoms with Gasteiger partial charge in [0.1, 0.15) is 11.4 Å². The summed E-state index contributed by atoms with van der Waals surface area (Å²) >= 11 is 0. The highest BCUT2D eigenvalue weighted by Gasteiger charge is 2.41. The van der Waals surface area contributed by atoms with Crippen molar-refractivity contribution in [2.75, 3.05) is 20.2 Å². The maximum atomic E-state index is 13.1. The summed E-state index contributed by atoms with van der Waals surface area (Å²) in [6.45, 7) is 2.79. The van der Waals surface area contributed by atoms with E-state index in [4.69, 9.17) is 4.74 Å². The molecule has 0 radical (unpaired) electrons. The zero-order chi connectivity index (χ0) is 23.7. The summed E-state index contributed by atoms with van der Waals surface area (Å²) in [5, 5.41) is 1.30. The summed E-state index contributed by atoms with van der Waals surface area (Å²) in [5.74, 6) is 0.330. The minimum absolute atomic E-state index is 0.108. The Bertz CT molecular complexity index is 1270. The molecule has 6 heteroatoms. The summed E-state index contributed by atoms with van der Waals surface area (Å²) < 4.78 is 13.3. The Morgan fingerprint density at radius 3 is 2.88 bits per heavy atom. The molecule has 2 aliphatic rings. The van der Waals surface area contributed by atoms with E-state index in [1.807, 2.05) is 12.1 Å². The number of esters is 1. The first-order valence-electron chi connectivity index (χ1n) is 11.8. The monoisotopic (exact) mass is 458 g/mol. The van der Waals surface area contributed by atoms with E-state index in [2.05, 4.69) is 51.7 Å². The third-order valence-electron chi connectivity index (χ3n) is 7.09. The number of hydrogen-bond acceptors (Lipinski definition) is 5. The van der Waals surface area contributed by atoms with E-state index >= 15 is 0 Å². The van der Waals surface area contributed by atoms with E-state index in [9.17, 15) is 9.59 Å². The van der Waals surface area contributed by atoms with Gasteiger partial charge in [0.2, 0.25) is 0 Å². The lowest BCUT2D eigenvalue weighted by Crippen LogP contribution is -2.42. The Morgan fingerprint density at radius 1 is 1.18 bits per heavy atom. The molecule has 176 valence electrons. The summed E-state index contributed by atoms with van der Waals surface area (Å²) in [7, 11) is 3.44. The smallest absolute Gasteiger partial charge is 0.330 e. The molecule has 1 atom stereocenters. The van der Waals surface area contributed by atoms with Gasteiger partial charge in [-0.05, 0) is 54.8 Å². The molecule has 2 aromatic carbocycles. The number of ether oxygens (including phenoxy) is 2. The fraction of sp³-hybridized carbons (Fsp3) is 0.357. The summed E-state index contributed by atoms with van der Waals surface area (Å²) in [4.78, 5) is 27.0. The molecule has 0 N–H and O–H groups in total. The van der Waals surface area contributed by atoms with Gasteiger partial charge in [0.15, 0.2) is 5.78 Å². The third-order valence-corrected chi connectivity index (χ3v) is 7.09. The quantitative estimate of drug-likeness (QED) is 0.417. The van der Waals surface area contributed by atoms with Gasteiger partial charge in [0, 0.05) is 49.7 Å². The summed E-state index contributed by atoms with van der Waals surface area (Å²) in [6.07, 6.45) is 8.32. The van der Waals surface area contributed by atoms with Gasteiger partial charge in [-0.25, -0.2) is 4.79 Å². The molecule has 3 heterocycles. The normalized spacial score (nSPS) is 20.9. The standard InChI is InChI=1S/C28H30N2O4/c1-29-18-21(22-6-3-4-7-24(22)29)19-30-14-5-12-28(13-15-30)17-25(31)23-16-20(8-10-26(23)34-28)9-11-27(32)33-2/h3-4,6-11,16,18H,5,12-15,17,19H2,1-2H3/b11-9+. The minimum Gasteiger partial charge on any atom is -0.486 e. The van der Waals surface area contributed by atoms with Crippen LogP contribution in [0.5, 0.6) is 5.75 Å². The lowest BCUT2D eigenvalue weighted by molar-refractivity contribution is -0.134. The van der Waals surface area contributed by atoms with E-state index in [1.54, 1.807) is 12.1 Å².